The van der Waals surface area contributed by atoms with E-state index in [0.29, 0.717) is 22.1 Å². The molecule has 17 heavy (non-hydrogen) atoms. The Kier molecular flexibility index (Phi) is 3.82. The molecule has 4 heteroatoms. The molecule has 0 aromatic heterocycles. The number of halogens is 2. The van der Waals surface area contributed by atoms with Crippen LogP contribution in [0.25, 0.3) is 0 Å². The summed E-state index contributed by atoms with van der Waals surface area (Å²) in [5, 5.41) is 0.639. The van der Waals surface area contributed by atoms with Gasteiger partial charge in [-0.2, -0.15) is 0 Å². The Morgan fingerprint density at radius 3 is 2.41 bits per heavy atom. The molecule has 2 aromatic rings. The highest BCUT2D eigenvalue weighted by Gasteiger charge is 2.03. The van der Waals surface area contributed by atoms with Crippen molar-refractivity contribution in [3.63, 3.8) is 0 Å². The standard InChI is InChI=1S/C13H8BrClO2/c14-12-7-10(15)3-6-13(12)17-11-4-1-9(8-16)2-5-11/h1-8H. The molecule has 0 heterocycles. The van der Waals surface area contributed by atoms with Crippen LogP contribution in [0.3, 0.4) is 0 Å². The van der Waals surface area contributed by atoms with Gasteiger partial charge in [-0.1, -0.05) is 11.6 Å². The topological polar surface area (TPSA) is 26.3 Å². The van der Waals surface area contributed by atoms with Crippen molar-refractivity contribution in [3.05, 3.63) is 57.5 Å². The van der Waals surface area contributed by atoms with Crippen molar-refractivity contribution in [2.75, 3.05) is 0 Å². The normalized spacial score (nSPS) is 10.0. The van der Waals surface area contributed by atoms with Crippen LogP contribution in [0.4, 0.5) is 0 Å². The number of ether oxygens (including phenoxy) is 1. The van der Waals surface area contributed by atoms with Crippen molar-refractivity contribution in [2.45, 2.75) is 0 Å². The van der Waals surface area contributed by atoms with E-state index in [-0.39, 0.29) is 0 Å². The number of aldehydes is 1. The fourth-order valence-corrected chi connectivity index (χ4v) is 2.06. The molecule has 0 atom stereocenters. The summed E-state index contributed by atoms with van der Waals surface area (Å²) >= 11 is 9.20. The molecular formula is C13H8BrClO2. The van der Waals surface area contributed by atoms with Crippen LogP contribution in [-0.2, 0) is 0 Å². The number of rotatable bonds is 3. The number of hydrogen-bond acceptors (Lipinski definition) is 2. The molecule has 2 rings (SSSR count). The lowest BCUT2D eigenvalue weighted by Crippen LogP contribution is -1.86. The van der Waals surface area contributed by atoms with E-state index in [4.69, 9.17) is 16.3 Å². The molecule has 0 saturated heterocycles. The quantitative estimate of drug-likeness (QED) is 0.768. The maximum atomic E-state index is 10.5. The first-order chi connectivity index (χ1) is 8.19. The number of carbonyl (C=O) groups excluding carboxylic acids is 1. The smallest absolute Gasteiger partial charge is 0.150 e. The fourth-order valence-electron chi connectivity index (χ4n) is 1.30. The van der Waals surface area contributed by atoms with Crippen LogP contribution in [-0.4, -0.2) is 6.29 Å². The molecule has 0 aliphatic heterocycles. The van der Waals surface area contributed by atoms with Crippen molar-refractivity contribution in [1.29, 1.82) is 0 Å². The molecule has 2 aromatic carbocycles. The average molecular weight is 312 g/mol. The summed E-state index contributed by atoms with van der Waals surface area (Å²) in [5.74, 6) is 1.34. The third-order valence-electron chi connectivity index (χ3n) is 2.14. The van der Waals surface area contributed by atoms with Crippen LogP contribution in [0.1, 0.15) is 10.4 Å². The first-order valence-electron chi connectivity index (χ1n) is 4.87. The highest BCUT2D eigenvalue weighted by Crippen LogP contribution is 2.31. The van der Waals surface area contributed by atoms with E-state index in [9.17, 15) is 4.79 Å². The molecule has 0 fully saturated rings. The second-order valence-electron chi connectivity index (χ2n) is 3.36. The van der Waals surface area contributed by atoms with Gasteiger partial charge in [-0.3, -0.25) is 4.79 Å². The minimum Gasteiger partial charge on any atom is -0.456 e. The number of hydrogen-bond donors (Lipinski definition) is 0. The SMILES string of the molecule is O=Cc1ccc(Oc2ccc(Cl)cc2Br)cc1. The van der Waals surface area contributed by atoms with E-state index in [1.54, 1.807) is 42.5 Å². The van der Waals surface area contributed by atoms with Crippen LogP contribution in [0.2, 0.25) is 5.02 Å². The summed E-state index contributed by atoms with van der Waals surface area (Å²) in [7, 11) is 0. The maximum Gasteiger partial charge on any atom is 0.150 e. The predicted octanol–water partition coefficient (Wildman–Crippen LogP) is 4.71. The molecule has 0 radical (unpaired) electrons. The maximum absolute atomic E-state index is 10.5. The summed E-state index contributed by atoms with van der Waals surface area (Å²) in [4.78, 5) is 10.5. The van der Waals surface area contributed by atoms with E-state index in [1.807, 2.05) is 0 Å². The Balaban J connectivity index is 2.22. The molecule has 0 aliphatic rings. The second-order valence-corrected chi connectivity index (χ2v) is 4.65. The molecule has 86 valence electrons. The molecule has 2 nitrogen and oxygen atoms in total. The van der Waals surface area contributed by atoms with Gasteiger partial charge < -0.3 is 4.74 Å². The first-order valence-corrected chi connectivity index (χ1v) is 6.04. The van der Waals surface area contributed by atoms with Crippen molar-refractivity contribution in [2.24, 2.45) is 0 Å². The summed E-state index contributed by atoms with van der Waals surface area (Å²) < 4.78 is 6.42. The molecule has 0 N–H and O–H groups in total. The van der Waals surface area contributed by atoms with Gasteiger partial charge in [0, 0.05) is 10.6 Å². The van der Waals surface area contributed by atoms with Crippen LogP contribution in [0.15, 0.2) is 46.9 Å². The monoisotopic (exact) mass is 310 g/mol. The zero-order valence-electron chi connectivity index (χ0n) is 8.69. The van der Waals surface area contributed by atoms with Gasteiger partial charge in [-0.25, -0.2) is 0 Å². The molecule has 0 unspecified atom stereocenters. The van der Waals surface area contributed by atoms with E-state index < -0.39 is 0 Å². The van der Waals surface area contributed by atoms with Gasteiger partial charge in [-0.15, -0.1) is 0 Å². The summed E-state index contributed by atoms with van der Waals surface area (Å²) in [6, 6.07) is 12.2. The second kappa shape index (κ2) is 5.34. The highest BCUT2D eigenvalue weighted by molar-refractivity contribution is 9.10. The molecule has 0 amide bonds. The van der Waals surface area contributed by atoms with E-state index in [0.717, 1.165) is 10.8 Å². The Hall–Kier alpha value is -1.32. The molecule has 0 aliphatic carbocycles. The largest absolute Gasteiger partial charge is 0.456 e. The van der Waals surface area contributed by atoms with Gasteiger partial charge in [0.2, 0.25) is 0 Å². The Morgan fingerprint density at radius 1 is 1.12 bits per heavy atom. The van der Waals surface area contributed by atoms with Gasteiger partial charge in [-0.05, 0) is 58.4 Å². The third-order valence-corrected chi connectivity index (χ3v) is 2.99. The zero-order chi connectivity index (χ0) is 12.3. The van der Waals surface area contributed by atoms with Crippen molar-refractivity contribution < 1.29 is 9.53 Å². The fraction of sp³-hybridized carbons (Fsp3) is 0. The predicted molar refractivity (Wildman–Crippen MR) is 71.1 cm³/mol. The van der Waals surface area contributed by atoms with E-state index >= 15 is 0 Å². The Labute approximate surface area is 112 Å². The third kappa shape index (κ3) is 3.08. The van der Waals surface area contributed by atoms with Gasteiger partial charge in [0.25, 0.3) is 0 Å². The Bertz CT molecular complexity index is 538. The number of benzene rings is 2. The molecule has 0 spiro atoms. The van der Waals surface area contributed by atoms with Gasteiger partial charge in [0.1, 0.15) is 17.8 Å². The average Bonchev–Trinajstić information content (AvgIpc) is 2.34. The summed E-state index contributed by atoms with van der Waals surface area (Å²) in [5.41, 5.74) is 0.618. The van der Waals surface area contributed by atoms with Crippen LogP contribution in [0, 0.1) is 0 Å². The highest BCUT2D eigenvalue weighted by atomic mass is 79.9. The lowest BCUT2D eigenvalue weighted by Gasteiger charge is -2.07. The molecule has 0 saturated carbocycles. The van der Waals surface area contributed by atoms with Gasteiger partial charge in [0.15, 0.2) is 0 Å². The van der Waals surface area contributed by atoms with Gasteiger partial charge in [0.05, 0.1) is 4.47 Å². The minimum absolute atomic E-state index is 0.618. The lowest BCUT2D eigenvalue weighted by molar-refractivity contribution is 0.112. The van der Waals surface area contributed by atoms with Crippen LogP contribution in [0.5, 0.6) is 11.5 Å². The van der Waals surface area contributed by atoms with Crippen molar-refractivity contribution in [1.82, 2.24) is 0 Å². The number of carbonyl (C=O) groups is 1. The van der Waals surface area contributed by atoms with Crippen LogP contribution >= 0.6 is 27.5 Å². The minimum atomic E-state index is 0.618. The molecule has 0 bridgehead atoms. The zero-order valence-corrected chi connectivity index (χ0v) is 11.0. The van der Waals surface area contributed by atoms with Crippen molar-refractivity contribution >= 4 is 33.8 Å². The lowest BCUT2D eigenvalue weighted by atomic mass is 10.2. The Morgan fingerprint density at radius 2 is 1.82 bits per heavy atom. The van der Waals surface area contributed by atoms with Gasteiger partial charge >= 0.3 is 0 Å². The summed E-state index contributed by atoms with van der Waals surface area (Å²) in [6.45, 7) is 0. The van der Waals surface area contributed by atoms with E-state index in [2.05, 4.69) is 15.9 Å². The first kappa shape index (κ1) is 12.1. The van der Waals surface area contributed by atoms with Crippen LogP contribution < -0.4 is 4.74 Å². The molecular weight excluding hydrogens is 303 g/mol. The van der Waals surface area contributed by atoms with Crippen molar-refractivity contribution in [3.8, 4) is 11.5 Å². The summed E-state index contributed by atoms with van der Waals surface area (Å²) in [6.07, 6.45) is 0.794. The van der Waals surface area contributed by atoms with E-state index in [1.165, 1.54) is 0 Å².